The molecule has 0 radical (unpaired) electrons. The lowest BCUT2D eigenvalue weighted by molar-refractivity contribution is -0.385. The molecule has 14 aromatic rings. The summed E-state index contributed by atoms with van der Waals surface area (Å²) in [6.07, 6.45) is 12.8. The highest BCUT2D eigenvalue weighted by Gasteiger charge is 2.26. The van der Waals surface area contributed by atoms with Crippen LogP contribution in [-0.4, -0.2) is 107 Å². The van der Waals surface area contributed by atoms with E-state index in [2.05, 4.69) is 61.7 Å². The van der Waals surface area contributed by atoms with Crippen molar-refractivity contribution in [2.24, 2.45) is 4.99 Å². The van der Waals surface area contributed by atoms with Crippen LogP contribution in [0, 0.1) is 43.0 Å². The molecule has 0 amide bonds. The summed E-state index contributed by atoms with van der Waals surface area (Å²) in [5.74, 6) is -0.477. The minimum Gasteiger partial charge on any atom is -0.464 e. The van der Waals surface area contributed by atoms with Crippen LogP contribution in [-0.2, 0) is 93.9 Å². The zero-order valence-corrected chi connectivity index (χ0v) is 75.3. The van der Waals surface area contributed by atoms with Gasteiger partial charge in [0.05, 0.1) is 102 Å². The molecule has 0 aliphatic heterocycles. The van der Waals surface area contributed by atoms with Crippen molar-refractivity contribution < 1.29 is 65.9 Å². The van der Waals surface area contributed by atoms with E-state index in [1.54, 1.807) is 111 Å². The Morgan fingerprint density at radius 1 is 0.523 bits per heavy atom. The second kappa shape index (κ2) is 49.6. The summed E-state index contributed by atoms with van der Waals surface area (Å²) in [7, 11) is -3.08. The molecule has 130 heavy (non-hydrogen) atoms. The van der Waals surface area contributed by atoms with Gasteiger partial charge in [0.2, 0.25) is 0 Å². The number of hydrogen-bond acceptors (Lipinski definition) is 35. The topological polar surface area (TPSA) is 444 Å². The molecule has 7 aromatic heterocycles. The van der Waals surface area contributed by atoms with Crippen molar-refractivity contribution in [3.05, 3.63) is 365 Å². The third-order valence-electron chi connectivity index (χ3n) is 18.3. The van der Waals surface area contributed by atoms with Crippen LogP contribution in [0.1, 0.15) is 91.3 Å². The number of isothiocyanates is 1. The third-order valence-corrected chi connectivity index (χ3v) is 24.9. The zero-order valence-electron chi connectivity index (χ0n) is 68.0. The molecule has 33 nitrogen and oxygen atoms in total. The van der Waals surface area contributed by atoms with Crippen LogP contribution in [0.5, 0.6) is 0 Å². The molecule has 0 unspecified atom stereocenters. The molecule has 1 aliphatic rings. The first-order valence-corrected chi connectivity index (χ1v) is 46.4. The molecule has 15 rings (SSSR count). The SMILES string of the molecule is O=COCc1ncsc1N[C@@H](Cc1ccc(NS(=O)(=O)O)cc1)c1csc(-c2ccccc2)n1.O=COCc1ncsc1N[C@@H](Cc1ccc([N+](=O)[O-])cc1)c1csc(-c2ccccc2)n1.O=COCc1ncsc1N[C@@H](Cc1ccc([N+](=O)[O-])cc1)c1csc(-c2ccccc2)n1.O=[N+]([O-])c1ccc(C[C@H](N=C=S)c2csc(C3=CC=[C+]C=C3)n2)cc1.[C-]#[N+]CC(=O)OC. The zero-order chi connectivity index (χ0) is 92.0. The Kier molecular flexibility index (Phi) is 36.7. The van der Waals surface area contributed by atoms with Crippen molar-refractivity contribution in [1.82, 2.24) is 34.9 Å². The number of carbonyl (C=O) groups excluding carboxylic acids is 4. The second-order valence-electron chi connectivity index (χ2n) is 26.9. The largest absolute Gasteiger partial charge is 0.464 e. The number of methoxy groups -OCH3 is 1. The van der Waals surface area contributed by atoms with Gasteiger partial charge < -0.3 is 39.7 Å². The Hall–Kier alpha value is -14.4. The number of hydrogen-bond donors (Lipinski definition) is 5. The number of non-ortho nitro benzene ring substituents is 3. The summed E-state index contributed by atoms with van der Waals surface area (Å²) < 4.78 is 51.8. The summed E-state index contributed by atoms with van der Waals surface area (Å²) in [6, 6.07) is 55.0. The molecule has 0 saturated carbocycles. The van der Waals surface area contributed by atoms with Gasteiger partial charge in [-0.2, -0.15) is 8.42 Å². The van der Waals surface area contributed by atoms with E-state index in [9.17, 15) is 57.9 Å². The number of nitrogens with zero attached hydrogens (tertiary/aromatic N) is 12. The van der Waals surface area contributed by atoms with Crippen molar-refractivity contribution >= 4 is 176 Å². The van der Waals surface area contributed by atoms with Gasteiger partial charge in [0.15, 0.2) is 5.01 Å². The quantitative estimate of drug-likeness (QED) is 0.00276. The predicted octanol–water partition coefficient (Wildman–Crippen LogP) is 19.9. The highest BCUT2D eigenvalue weighted by molar-refractivity contribution is 7.87. The van der Waals surface area contributed by atoms with Gasteiger partial charge in [-0.3, -0.25) is 54.0 Å². The smallest absolute Gasteiger partial charge is 0.386 e. The van der Waals surface area contributed by atoms with Gasteiger partial charge >= 0.3 is 22.8 Å². The number of nitro benzene ring substituents is 3. The Morgan fingerprint density at radius 2 is 0.869 bits per heavy atom. The first-order valence-electron chi connectivity index (χ1n) is 38.3. The fourth-order valence-electron chi connectivity index (χ4n) is 12.0. The van der Waals surface area contributed by atoms with Crippen molar-refractivity contribution in [3.63, 3.8) is 0 Å². The molecule has 42 heteroatoms. The number of aliphatic imine (C=N–C) groups is 1. The van der Waals surface area contributed by atoms with E-state index in [-0.39, 0.29) is 73.3 Å². The van der Waals surface area contributed by atoms with E-state index in [4.69, 9.17) is 52.5 Å². The molecule has 4 atom stereocenters. The molecule has 1 aliphatic carbocycles. The molecule has 0 saturated heterocycles. The minimum atomic E-state index is -4.34. The highest BCUT2D eigenvalue weighted by Crippen LogP contribution is 2.38. The van der Waals surface area contributed by atoms with Crippen LogP contribution in [0.15, 0.2) is 255 Å². The van der Waals surface area contributed by atoms with E-state index in [1.165, 1.54) is 88.9 Å². The van der Waals surface area contributed by atoms with Crippen LogP contribution in [0.3, 0.4) is 0 Å². The Morgan fingerprint density at radius 3 is 1.18 bits per heavy atom. The number of benzene rings is 7. The highest BCUT2D eigenvalue weighted by atomic mass is 32.2. The standard InChI is InChI=1S/C22H20N4O5S3.2C22H18N4O4S2.C18H12N3O2S2.C4H5NO2/c27-14-31-11-19-22(33-13-23-19)24-18(10-15-6-8-17(9-7-15)26-34(28,29)30)20-12-32-21(25-20)16-4-2-1-3-5-16;2*27-14-30-11-19-22(32-13-23-19)24-18(10-15-6-8-17(9-7-15)26(28)29)20-12-31-21(25-20)16-4-2-1-3-5-16;22-21(23)15-8-6-13(7-9-15)10-16(19-12-24)17-11-25-18(20-17)14-4-2-1-3-5-14;1-5-3-4(6)7-2/h1-9,12-14,18,24,26H,10-11H2,(H,28,29,30);2*1-9,12-14,18,24H,10-11H2;2-9,11,16H,10H2;3H2,2H3/q;;;+1;/t3*18-;16-;/m0000./s1. The number of nitrogens with one attached hydrogen (secondary N) is 4. The maximum atomic E-state index is 11.0. The van der Waals surface area contributed by atoms with E-state index >= 15 is 0 Å². The van der Waals surface area contributed by atoms with Crippen LogP contribution in [0.4, 0.5) is 37.8 Å². The molecule has 0 spiro atoms. The number of rotatable bonds is 38. The first-order chi connectivity index (χ1) is 63.2. The fourth-order valence-corrected chi connectivity index (χ4v) is 18.3. The lowest BCUT2D eigenvalue weighted by Crippen LogP contribution is -2.15. The van der Waals surface area contributed by atoms with Crippen molar-refractivity contribution in [2.45, 2.75) is 69.7 Å². The van der Waals surface area contributed by atoms with Gasteiger partial charge in [-0.25, -0.2) is 51.2 Å². The van der Waals surface area contributed by atoms with Gasteiger partial charge in [0.25, 0.3) is 36.5 Å². The normalized spacial score (nSPS) is 11.9. The summed E-state index contributed by atoms with van der Waals surface area (Å²) >= 11 is 15.2. The number of thiocarbonyl (C=S) groups is 1. The van der Waals surface area contributed by atoms with Crippen molar-refractivity contribution in [2.75, 3.05) is 34.3 Å². The molecule has 0 bridgehead atoms. The number of anilines is 4. The Balaban J connectivity index is 0.000000164. The monoisotopic (exact) mass is 1910 g/mol. The van der Waals surface area contributed by atoms with Gasteiger partial charge in [-0.05, 0) is 65.9 Å². The molecule has 7 heterocycles. The Labute approximate surface area is 776 Å². The van der Waals surface area contributed by atoms with Crippen LogP contribution in [0.25, 0.3) is 42.1 Å². The molecule has 5 N–H and O–H groups in total. The summed E-state index contributed by atoms with van der Waals surface area (Å²) in [6.45, 7) is 7.37. The molecule has 0 fully saturated rings. The molecule has 660 valence electrons. The average molecular weight is 1920 g/mol. The molecular formula is C88H73N16O17S9+. The number of allylic oxidation sites excluding steroid dienone is 6. The number of aromatic nitrogens is 7. The van der Waals surface area contributed by atoms with Gasteiger partial charge in [-0.15, -0.1) is 79.4 Å². The van der Waals surface area contributed by atoms with Gasteiger partial charge in [-0.1, -0.05) is 140 Å². The predicted molar refractivity (Wildman–Crippen MR) is 505 cm³/mol. The van der Waals surface area contributed by atoms with Gasteiger partial charge in [0.1, 0.15) is 90.7 Å². The number of thiazole rings is 7. The van der Waals surface area contributed by atoms with E-state index in [1.807, 2.05) is 142 Å². The van der Waals surface area contributed by atoms with Crippen molar-refractivity contribution in [3.8, 4) is 31.7 Å². The third kappa shape index (κ3) is 29.6. The van der Waals surface area contributed by atoms with E-state index in [0.717, 1.165) is 102 Å². The fraction of sp³-hybridized carbons (Fsp3) is 0.148. The van der Waals surface area contributed by atoms with Crippen molar-refractivity contribution in [1.29, 1.82) is 0 Å². The first kappa shape index (κ1) is 96.2. The van der Waals surface area contributed by atoms with Crippen LogP contribution < -0.4 is 20.7 Å². The maximum Gasteiger partial charge on any atom is 0.386 e. The minimum absolute atomic E-state index is 0.0500. The second-order valence-corrected chi connectivity index (χ2v) is 34.2. The van der Waals surface area contributed by atoms with Crippen LogP contribution >= 0.6 is 91.6 Å². The van der Waals surface area contributed by atoms with E-state index in [0.29, 0.717) is 62.2 Å². The number of ether oxygens (including phenoxy) is 4. The molecular weight excluding hydrogens is 1840 g/mol. The lowest BCUT2D eigenvalue weighted by atomic mass is 10.0. The molecule has 7 aromatic carbocycles. The lowest BCUT2D eigenvalue weighted by Gasteiger charge is -2.18. The number of esters is 1. The summed E-state index contributed by atoms with van der Waals surface area (Å²) in [5.41, 5.74) is 18.5. The van der Waals surface area contributed by atoms with E-state index < -0.39 is 31.0 Å². The average Bonchev–Trinajstić information content (AvgIpc) is 1.70. The summed E-state index contributed by atoms with van der Waals surface area (Å²) in [5, 5.41) is 59.5. The summed E-state index contributed by atoms with van der Waals surface area (Å²) in [4.78, 5) is 112. The number of nitro groups is 3. The van der Waals surface area contributed by atoms with Crippen LogP contribution in [0.2, 0.25) is 0 Å². The van der Waals surface area contributed by atoms with Gasteiger partial charge in [0, 0.05) is 87.1 Å². The maximum absolute atomic E-state index is 11.0. The number of carbonyl (C=O) groups is 4. The Bertz CT molecular complexity index is 6210.